The Kier molecular flexibility index (Phi) is 6.12. The Morgan fingerprint density at radius 3 is 2.38 bits per heavy atom. The zero-order valence-electron chi connectivity index (χ0n) is 21.3. The van der Waals surface area contributed by atoms with Crippen molar-refractivity contribution in [2.24, 2.45) is 0 Å². The molecule has 6 rings (SSSR count). The number of aryl methyl sites for hydroxylation is 1. The topological polar surface area (TPSA) is 132 Å². The van der Waals surface area contributed by atoms with Gasteiger partial charge in [0.1, 0.15) is 0 Å². The van der Waals surface area contributed by atoms with Crippen LogP contribution in [-0.4, -0.2) is 37.9 Å². The first-order valence-electron chi connectivity index (χ1n) is 12.5. The van der Waals surface area contributed by atoms with E-state index in [1.807, 2.05) is 41.8 Å². The van der Waals surface area contributed by atoms with Crippen molar-refractivity contribution in [2.45, 2.75) is 6.92 Å². The Labute approximate surface area is 227 Å². The number of non-ortho nitro benzene ring substituents is 1. The minimum atomic E-state index is -0.545. The number of benzene rings is 4. The predicted octanol–water partition coefficient (Wildman–Crippen LogP) is 5.29. The van der Waals surface area contributed by atoms with Gasteiger partial charge in [0.2, 0.25) is 5.91 Å². The highest BCUT2D eigenvalue weighted by Crippen LogP contribution is 2.31. The van der Waals surface area contributed by atoms with Gasteiger partial charge in [0.25, 0.3) is 11.6 Å². The first-order chi connectivity index (χ1) is 19.4. The van der Waals surface area contributed by atoms with Crippen molar-refractivity contribution in [1.29, 1.82) is 0 Å². The van der Waals surface area contributed by atoms with Crippen LogP contribution in [0.5, 0.6) is 0 Å². The first-order valence-corrected chi connectivity index (χ1v) is 12.5. The van der Waals surface area contributed by atoms with Gasteiger partial charge < -0.3 is 10.6 Å². The molecule has 2 N–H and O–H groups in total. The summed E-state index contributed by atoms with van der Waals surface area (Å²) in [5.41, 5.74) is 5.80. The van der Waals surface area contributed by atoms with Crippen LogP contribution in [0, 0.1) is 17.0 Å². The molecule has 0 fully saturated rings. The van der Waals surface area contributed by atoms with E-state index in [2.05, 4.69) is 34.9 Å². The number of fused-ring (bicyclic) bond motifs is 5. The molecule has 0 atom stereocenters. The van der Waals surface area contributed by atoms with E-state index in [0.717, 1.165) is 27.5 Å². The minimum absolute atomic E-state index is 0.119. The fraction of sp³-hybridized carbons (Fsp3) is 0.0667. The lowest BCUT2D eigenvalue weighted by Crippen LogP contribution is -2.32. The molecule has 0 saturated heterocycles. The third-order valence-corrected chi connectivity index (χ3v) is 6.61. The zero-order chi connectivity index (χ0) is 27.8. The highest BCUT2D eigenvalue weighted by molar-refractivity contribution is 6.04. The third-order valence-electron chi connectivity index (χ3n) is 6.61. The van der Waals surface area contributed by atoms with Gasteiger partial charge >= 0.3 is 0 Å². The van der Waals surface area contributed by atoms with Gasteiger partial charge in [0.05, 0.1) is 28.2 Å². The number of nitrogens with one attached hydrogen (secondary N) is 2. The van der Waals surface area contributed by atoms with E-state index in [0.29, 0.717) is 16.9 Å². The molecule has 0 aliphatic heterocycles. The van der Waals surface area contributed by atoms with Crippen molar-refractivity contribution in [3.63, 3.8) is 0 Å². The van der Waals surface area contributed by atoms with Crippen LogP contribution >= 0.6 is 0 Å². The number of carbonyl (C=O) groups is 2. The van der Waals surface area contributed by atoms with E-state index in [9.17, 15) is 19.7 Å². The molecule has 40 heavy (non-hydrogen) atoms. The molecule has 10 nitrogen and oxygen atoms in total. The van der Waals surface area contributed by atoms with Crippen molar-refractivity contribution in [2.75, 3.05) is 11.9 Å². The molecule has 0 radical (unpaired) electrons. The van der Waals surface area contributed by atoms with Gasteiger partial charge in [0, 0.05) is 39.7 Å². The smallest absolute Gasteiger partial charge is 0.269 e. The molecule has 196 valence electrons. The Hall–Kier alpha value is -5.64. The van der Waals surface area contributed by atoms with E-state index < -0.39 is 16.7 Å². The lowest BCUT2D eigenvalue weighted by Gasteiger charge is -2.09. The molecule has 2 amide bonds. The van der Waals surface area contributed by atoms with Crippen LogP contribution in [0.15, 0.2) is 91.0 Å². The minimum Gasteiger partial charge on any atom is -0.343 e. The lowest BCUT2D eigenvalue weighted by atomic mass is 10.0. The van der Waals surface area contributed by atoms with Gasteiger partial charge in [0.15, 0.2) is 5.65 Å². The number of anilines is 1. The van der Waals surface area contributed by atoms with E-state index >= 15 is 0 Å². The molecule has 0 aliphatic carbocycles. The Bertz CT molecular complexity index is 1950. The summed E-state index contributed by atoms with van der Waals surface area (Å²) in [6.07, 6.45) is 0. The van der Waals surface area contributed by atoms with Crippen molar-refractivity contribution in [3.8, 4) is 11.3 Å². The number of aromatic nitrogens is 3. The molecule has 4 aromatic carbocycles. The number of hydrogen-bond acceptors (Lipinski definition) is 6. The monoisotopic (exact) mass is 530 g/mol. The Balaban J connectivity index is 1.25. The van der Waals surface area contributed by atoms with E-state index in [-0.39, 0.29) is 17.8 Å². The number of nitro groups is 1. The van der Waals surface area contributed by atoms with Crippen LogP contribution in [0.1, 0.15) is 15.9 Å². The highest BCUT2D eigenvalue weighted by Gasteiger charge is 2.16. The summed E-state index contributed by atoms with van der Waals surface area (Å²) in [6, 6.07) is 26.8. The van der Waals surface area contributed by atoms with Crippen molar-refractivity contribution < 1.29 is 14.5 Å². The van der Waals surface area contributed by atoms with Crippen LogP contribution in [0.25, 0.3) is 38.7 Å². The molecule has 10 heteroatoms. The molecule has 0 aliphatic rings. The molecular formula is C30H22N6O4. The average Bonchev–Trinajstić information content (AvgIpc) is 3.34. The maximum Gasteiger partial charge on any atom is 0.269 e. The van der Waals surface area contributed by atoms with E-state index in [1.165, 1.54) is 29.8 Å². The van der Waals surface area contributed by atoms with Gasteiger partial charge in [-0.2, -0.15) is 5.10 Å². The maximum atomic E-state index is 12.5. The van der Waals surface area contributed by atoms with Crippen molar-refractivity contribution in [3.05, 3.63) is 112 Å². The number of amides is 2. The summed E-state index contributed by atoms with van der Waals surface area (Å²) in [4.78, 5) is 39.9. The second-order valence-electron chi connectivity index (χ2n) is 9.35. The summed E-state index contributed by atoms with van der Waals surface area (Å²) in [5.74, 6) is -0.938. The number of nitrogens with zero attached hydrogens (tertiary/aromatic N) is 4. The summed E-state index contributed by atoms with van der Waals surface area (Å²) in [6.45, 7) is 1.77. The number of rotatable bonds is 6. The standard InChI is InChI=1S/C30H22N6O4/c1-18-6-8-19(9-7-18)28-23-4-2-3-5-24(23)29-33-25-16-21(12-15-26(25)35(29)34-28)32-27(37)17-31-30(38)20-10-13-22(14-11-20)36(39)40/h2-16H,17H2,1H3,(H,31,38)(H,32,37). The molecule has 2 heterocycles. The SMILES string of the molecule is Cc1ccc(-c2nn3c4ccc(NC(=O)CNC(=O)c5ccc([N+](=O)[O-])cc5)cc4nc3c3ccccc23)cc1. The molecule has 6 aromatic rings. The molecule has 2 aromatic heterocycles. The second kappa shape index (κ2) is 9.91. The number of imidazole rings is 1. The number of nitro benzene ring substituents is 1. The van der Waals surface area contributed by atoms with E-state index in [4.69, 9.17) is 10.1 Å². The average molecular weight is 531 g/mol. The largest absolute Gasteiger partial charge is 0.343 e. The molecular weight excluding hydrogens is 508 g/mol. The predicted molar refractivity (Wildman–Crippen MR) is 152 cm³/mol. The summed E-state index contributed by atoms with van der Waals surface area (Å²) in [5, 5.41) is 23.0. The quantitative estimate of drug-likeness (QED) is 0.222. The summed E-state index contributed by atoms with van der Waals surface area (Å²) >= 11 is 0. The van der Waals surface area contributed by atoms with Crippen molar-refractivity contribution >= 4 is 50.6 Å². The fourth-order valence-electron chi connectivity index (χ4n) is 4.59. The third kappa shape index (κ3) is 4.58. The van der Waals surface area contributed by atoms with Gasteiger partial charge in [-0.3, -0.25) is 19.7 Å². The van der Waals surface area contributed by atoms with Gasteiger partial charge in [-0.1, -0.05) is 54.1 Å². The van der Waals surface area contributed by atoms with Crippen LogP contribution in [0.4, 0.5) is 11.4 Å². The highest BCUT2D eigenvalue weighted by atomic mass is 16.6. The normalized spacial score (nSPS) is 11.1. The number of carbonyl (C=O) groups excluding carboxylic acids is 2. The molecule has 0 unspecified atom stereocenters. The molecule has 0 saturated carbocycles. The van der Waals surface area contributed by atoms with E-state index in [1.54, 1.807) is 12.1 Å². The first kappa shape index (κ1) is 24.7. The summed E-state index contributed by atoms with van der Waals surface area (Å²) < 4.78 is 1.82. The van der Waals surface area contributed by atoms with Crippen LogP contribution < -0.4 is 10.6 Å². The Morgan fingerprint density at radius 1 is 0.925 bits per heavy atom. The second-order valence-corrected chi connectivity index (χ2v) is 9.35. The maximum absolute atomic E-state index is 12.5. The lowest BCUT2D eigenvalue weighted by molar-refractivity contribution is -0.384. The van der Waals surface area contributed by atoms with Crippen molar-refractivity contribution in [1.82, 2.24) is 19.9 Å². The van der Waals surface area contributed by atoms with Crippen LogP contribution in [0.3, 0.4) is 0 Å². The van der Waals surface area contributed by atoms with Gasteiger partial charge in [-0.05, 0) is 37.3 Å². The van der Waals surface area contributed by atoms with Gasteiger partial charge in [-0.25, -0.2) is 9.50 Å². The summed E-state index contributed by atoms with van der Waals surface area (Å²) in [7, 11) is 0. The van der Waals surface area contributed by atoms with Crippen LogP contribution in [0.2, 0.25) is 0 Å². The zero-order valence-corrected chi connectivity index (χ0v) is 21.3. The van der Waals surface area contributed by atoms with Crippen LogP contribution in [-0.2, 0) is 4.79 Å². The molecule has 0 bridgehead atoms. The fourth-order valence-corrected chi connectivity index (χ4v) is 4.59. The Morgan fingerprint density at radius 2 is 1.65 bits per heavy atom. The molecule has 0 spiro atoms. The van der Waals surface area contributed by atoms with Gasteiger partial charge in [-0.15, -0.1) is 0 Å². The number of hydrogen-bond donors (Lipinski definition) is 2.